The van der Waals surface area contributed by atoms with Gasteiger partial charge in [0.2, 0.25) is 0 Å². The Morgan fingerprint density at radius 2 is 1.91 bits per heavy atom. The number of aryl methyl sites for hydroxylation is 1. The number of hydrogen-bond donors (Lipinski definition) is 1. The van der Waals surface area contributed by atoms with E-state index in [9.17, 15) is 5.11 Å². The Hall–Kier alpha value is -2.62. The number of rotatable bonds is 5. The second-order valence-electron chi connectivity index (χ2n) is 6.06. The third-order valence-electron chi connectivity index (χ3n) is 4.01. The molecule has 0 bridgehead atoms. The molecule has 2 aromatic carbocycles. The summed E-state index contributed by atoms with van der Waals surface area (Å²) >= 11 is 0. The smallest absolute Gasteiger partial charge is 0.118 e. The largest absolute Gasteiger partial charge is 0.508 e. The normalized spacial score (nSPS) is 12.3. The zero-order chi connectivity index (χ0) is 16.2. The minimum absolute atomic E-state index is 0.201. The van der Waals surface area contributed by atoms with Gasteiger partial charge in [-0.3, -0.25) is 0 Å². The molecule has 23 heavy (non-hydrogen) atoms. The number of nitrogens with zero attached hydrogens (tertiary/aromatic N) is 3. The summed E-state index contributed by atoms with van der Waals surface area (Å²) in [6, 6.07) is 15.9. The molecule has 1 heterocycles. The second-order valence-corrected chi connectivity index (χ2v) is 6.06. The van der Waals surface area contributed by atoms with Crippen LogP contribution in [0.5, 0.6) is 5.75 Å². The Kier molecular flexibility index (Phi) is 4.42. The van der Waals surface area contributed by atoms with Crippen molar-refractivity contribution in [2.75, 3.05) is 0 Å². The van der Waals surface area contributed by atoms with Gasteiger partial charge in [-0.05, 0) is 30.5 Å². The van der Waals surface area contributed by atoms with Gasteiger partial charge in [-0.15, -0.1) is 5.10 Å². The van der Waals surface area contributed by atoms with Crippen molar-refractivity contribution in [1.82, 2.24) is 15.0 Å². The van der Waals surface area contributed by atoms with E-state index in [0.717, 1.165) is 29.8 Å². The fourth-order valence-corrected chi connectivity index (χ4v) is 2.70. The van der Waals surface area contributed by atoms with E-state index in [2.05, 4.69) is 29.4 Å². The van der Waals surface area contributed by atoms with E-state index in [0.29, 0.717) is 5.75 Å². The van der Waals surface area contributed by atoms with Crippen molar-refractivity contribution in [2.45, 2.75) is 32.7 Å². The highest BCUT2D eigenvalue weighted by molar-refractivity contribution is 5.36. The van der Waals surface area contributed by atoms with Gasteiger partial charge in [-0.25, -0.2) is 4.68 Å². The van der Waals surface area contributed by atoms with Crippen LogP contribution in [0, 0.1) is 6.92 Å². The van der Waals surface area contributed by atoms with Gasteiger partial charge in [0.15, 0.2) is 0 Å². The Morgan fingerprint density at radius 1 is 1.13 bits per heavy atom. The van der Waals surface area contributed by atoms with E-state index in [1.807, 2.05) is 48.1 Å². The molecule has 0 aliphatic carbocycles. The van der Waals surface area contributed by atoms with Crippen LogP contribution in [-0.4, -0.2) is 20.1 Å². The van der Waals surface area contributed by atoms with Crippen molar-refractivity contribution in [1.29, 1.82) is 0 Å². The van der Waals surface area contributed by atoms with Gasteiger partial charge in [-0.2, -0.15) is 0 Å². The first-order valence-electron chi connectivity index (χ1n) is 7.84. The number of benzene rings is 2. The van der Waals surface area contributed by atoms with Crippen LogP contribution in [0.25, 0.3) is 0 Å². The molecule has 1 aromatic heterocycles. The first-order chi connectivity index (χ1) is 11.1. The van der Waals surface area contributed by atoms with E-state index in [1.54, 1.807) is 6.07 Å². The monoisotopic (exact) mass is 307 g/mol. The van der Waals surface area contributed by atoms with Crippen LogP contribution in [0.3, 0.4) is 0 Å². The van der Waals surface area contributed by atoms with Gasteiger partial charge in [0, 0.05) is 12.1 Å². The maximum atomic E-state index is 9.99. The summed E-state index contributed by atoms with van der Waals surface area (Å²) in [5, 5.41) is 18.5. The number of aromatic hydroxyl groups is 1. The highest BCUT2D eigenvalue weighted by Gasteiger charge is 2.13. The third kappa shape index (κ3) is 3.77. The Balaban J connectivity index is 1.71. The SMILES string of the molecule is Cc1ccc(O)c(CC(C)c2cn(Cc3ccccc3)nn2)c1. The molecule has 4 heteroatoms. The lowest BCUT2D eigenvalue weighted by atomic mass is 9.97. The molecule has 3 aromatic rings. The van der Waals surface area contributed by atoms with E-state index < -0.39 is 0 Å². The molecule has 0 aliphatic rings. The number of phenols is 1. The van der Waals surface area contributed by atoms with Gasteiger partial charge >= 0.3 is 0 Å². The molecule has 1 N–H and O–H groups in total. The van der Waals surface area contributed by atoms with Crippen molar-refractivity contribution in [2.24, 2.45) is 0 Å². The number of phenolic OH excluding ortho intramolecular Hbond substituents is 1. The van der Waals surface area contributed by atoms with Gasteiger partial charge < -0.3 is 5.11 Å². The molecule has 1 atom stereocenters. The lowest BCUT2D eigenvalue weighted by Crippen LogP contribution is -2.01. The quantitative estimate of drug-likeness (QED) is 0.782. The van der Waals surface area contributed by atoms with Gasteiger partial charge in [0.05, 0.1) is 12.2 Å². The van der Waals surface area contributed by atoms with E-state index in [1.165, 1.54) is 5.56 Å². The van der Waals surface area contributed by atoms with Crippen molar-refractivity contribution < 1.29 is 5.11 Å². The first kappa shape index (κ1) is 15.3. The fourth-order valence-electron chi connectivity index (χ4n) is 2.70. The molecule has 3 rings (SSSR count). The summed E-state index contributed by atoms with van der Waals surface area (Å²) in [6.07, 6.45) is 2.74. The number of hydrogen-bond acceptors (Lipinski definition) is 3. The average Bonchev–Trinajstić information content (AvgIpc) is 3.00. The van der Waals surface area contributed by atoms with Gasteiger partial charge in [-0.1, -0.05) is 60.2 Å². The van der Waals surface area contributed by atoms with Crippen molar-refractivity contribution >= 4 is 0 Å². The molecule has 4 nitrogen and oxygen atoms in total. The molecule has 0 aliphatic heterocycles. The zero-order valence-corrected chi connectivity index (χ0v) is 13.5. The molecule has 1 unspecified atom stereocenters. The highest BCUT2D eigenvalue weighted by atomic mass is 16.3. The maximum Gasteiger partial charge on any atom is 0.118 e. The molecule has 0 amide bonds. The topological polar surface area (TPSA) is 50.9 Å². The summed E-state index contributed by atoms with van der Waals surface area (Å²) in [6.45, 7) is 4.86. The van der Waals surface area contributed by atoms with E-state index in [-0.39, 0.29) is 5.92 Å². The minimum Gasteiger partial charge on any atom is -0.508 e. The lowest BCUT2D eigenvalue weighted by Gasteiger charge is -2.10. The summed E-state index contributed by atoms with van der Waals surface area (Å²) in [5.41, 5.74) is 4.25. The number of aromatic nitrogens is 3. The maximum absolute atomic E-state index is 9.99. The molecular formula is C19H21N3O. The van der Waals surface area contributed by atoms with Crippen molar-refractivity contribution in [3.8, 4) is 5.75 Å². The second kappa shape index (κ2) is 6.65. The van der Waals surface area contributed by atoms with Crippen LogP contribution < -0.4 is 0 Å². The van der Waals surface area contributed by atoms with Gasteiger partial charge in [0.1, 0.15) is 5.75 Å². The summed E-state index contributed by atoms with van der Waals surface area (Å²) in [7, 11) is 0. The molecule has 0 saturated heterocycles. The van der Waals surface area contributed by atoms with Crippen LogP contribution >= 0.6 is 0 Å². The predicted molar refractivity (Wildman–Crippen MR) is 90.5 cm³/mol. The third-order valence-corrected chi connectivity index (χ3v) is 4.01. The molecule has 0 saturated carbocycles. The Morgan fingerprint density at radius 3 is 2.70 bits per heavy atom. The van der Waals surface area contributed by atoms with E-state index in [4.69, 9.17) is 0 Å². The van der Waals surface area contributed by atoms with Crippen molar-refractivity contribution in [3.05, 3.63) is 77.1 Å². The molecule has 0 fully saturated rings. The summed E-state index contributed by atoms with van der Waals surface area (Å²) in [5.74, 6) is 0.548. The molecule has 0 radical (unpaired) electrons. The molecule has 0 spiro atoms. The minimum atomic E-state index is 0.201. The summed E-state index contributed by atoms with van der Waals surface area (Å²) < 4.78 is 1.86. The Bertz CT molecular complexity index is 780. The van der Waals surface area contributed by atoms with Gasteiger partial charge in [0.25, 0.3) is 0 Å². The molecular weight excluding hydrogens is 286 g/mol. The van der Waals surface area contributed by atoms with Crippen LogP contribution in [0.2, 0.25) is 0 Å². The Labute approximate surface area is 136 Å². The standard InChI is InChI=1S/C19H21N3O/c1-14-8-9-19(23)17(10-14)11-15(2)18-13-22(21-20-18)12-16-6-4-3-5-7-16/h3-10,13,15,23H,11-12H2,1-2H3. The molecule has 118 valence electrons. The fraction of sp³-hybridized carbons (Fsp3) is 0.263. The van der Waals surface area contributed by atoms with Crippen LogP contribution in [0.1, 0.15) is 35.2 Å². The predicted octanol–water partition coefficient (Wildman–Crippen LogP) is 3.69. The zero-order valence-electron chi connectivity index (χ0n) is 13.5. The first-order valence-corrected chi connectivity index (χ1v) is 7.84. The summed E-state index contributed by atoms with van der Waals surface area (Å²) in [4.78, 5) is 0. The highest BCUT2D eigenvalue weighted by Crippen LogP contribution is 2.25. The van der Waals surface area contributed by atoms with E-state index >= 15 is 0 Å². The van der Waals surface area contributed by atoms with Crippen LogP contribution in [-0.2, 0) is 13.0 Å². The lowest BCUT2D eigenvalue weighted by molar-refractivity contribution is 0.465. The van der Waals surface area contributed by atoms with Crippen LogP contribution in [0.15, 0.2) is 54.7 Å². The van der Waals surface area contributed by atoms with Crippen LogP contribution in [0.4, 0.5) is 0 Å². The van der Waals surface area contributed by atoms with Crippen molar-refractivity contribution in [3.63, 3.8) is 0 Å². The average molecular weight is 307 g/mol.